The second-order valence-corrected chi connectivity index (χ2v) is 7.69. The van der Waals surface area contributed by atoms with E-state index in [2.05, 4.69) is 10.3 Å². The van der Waals surface area contributed by atoms with Crippen LogP contribution in [0.5, 0.6) is 5.75 Å². The van der Waals surface area contributed by atoms with Crippen molar-refractivity contribution in [2.45, 2.75) is 33.3 Å². The van der Waals surface area contributed by atoms with Gasteiger partial charge in [0.1, 0.15) is 12.4 Å². The number of carbonyl (C=O) groups excluding carboxylic acids is 2. The Bertz CT molecular complexity index is 800. The van der Waals surface area contributed by atoms with Gasteiger partial charge in [0.2, 0.25) is 5.91 Å². The molecule has 156 valence electrons. The Morgan fingerprint density at radius 2 is 1.97 bits per heavy atom. The minimum Gasteiger partial charge on any atom is -0.485 e. The molecule has 1 aromatic heterocycles. The number of nitrogens with one attached hydrogen (secondary N) is 1. The molecule has 8 heteroatoms. The Morgan fingerprint density at radius 3 is 2.62 bits per heavy atom. The highest BCUT2D eigenvalue weighted by Gasteiger charge is 2.29. The van der Waals surface area contributed by atoms with Gasteiger partial charge in [-0.3, -0.25) is 4.79 Å². The standard InChI is InChI=1S/C21H28N4O3S/c1-3-24(4-2)21(27)25-11-9-16(10-12-25)20(26)23-18-7-5-6-8-19(18)28-13-17-14-29-15-22-17/h5-8,14-16H,3-4,9-13H2,1-2H3,(H,23,26). The van der Waals surface area contributed by atoms with E-state index in [0.717, 1.165) is 5.69 Å². The van der Waals surface area contributed by atoms with Crippen LogP contribution < -0.4 is 10.1 Å². The largest absolute Gasteiger partial charge is 0.485 e. The highest BCUT2D eigenvalue weighted by atomic mass is 32.1. The maximum absolute atomic E-state index is 12.8. The Hall–Kier alpha value is -2.61. The summed E-state index contributed by atoms with van der Waals surface area (Å²) in [7, 11) is 0. The number of likely N-dealkylation sites (tertiary alicyclic amines) is 1. The van der Waals surface area contributed by atoms with Crippen molar-refractivity contribution in [2.75, 3.05) is 31.5 Å². The van der Waals surface area contributed by atoms with Crippen molar-refractivity contribution in [3.8, 4) is 5.75 Å². The molecule has 1 N–H and O–H groups in total. The summed E-state index contributed by atoms with van der Waals surface area (Å²) in [5.41, 5.74) is 3.29. The molecule has 0 bridgehead atoms. The van der Waals surface area contributed by atoms with Crippen molar-refractivity contribution in [1.82, 2.24) is 14.8 Å². The fourth-order valence-corrected chi connectivity index (χ4v) is 3.96. The summed E-state index contributed by atoms with van der Waals surface area (Å²) in [6.45, 7) is 6.94. The molecule has 29 heavy (non-hydrogen) atoms. The summed E-state index contributed by atoms with van der Waals surface area (Å²) in [6.07, 6.45) is 1.33. The zero-order chi connectivity index (χ0) is 20.6. The van der Waals surface area contributed by atoms with Crippen LogP contribution in [0.1, 0.15) is 32.4 Å². The first kappa shape index (κ1) is 21.1. The number of urea groups is 1. The van der Waals surface area contributed by atoms with Crippen LogP contribution in [0, 0.1) is 5.92 Å². The number of amides is 3. The van der Waals surface area contributed by atoms with Gasteiger partial charge < -0.3 is 19.9 Å². The van der Waals surface area contributed by atoms with E-state index in [1.54, 1.807) is 5.51 Å². The van der Waals surface area contributed by atoms with Gasteiger partial charge in [-0.1, -0.05) is 12.1 Å². The number of hydrogen-bond donors (Lipinski definition) is 1. The Kier molecular flexibility index (Phi) is 7.46. The van der Waals surface area contributed by atoms with E-state index < -0.39 is 0 Å². The number of benzene rings is 1. The quantitative estimate of drug-likeness (QED) is 0.744. The van der Waals surface area contributed by atoms with E-state index in [0.29, 0.717) is 57.1 Å². The molecular formula is C21H28N4O3S. The smallest absolute Gasteiger partial charge is 0.319 e. The van der Waals surface area contributed by atoms with Crippen molar-refractivity contribution in [3.05, 3.63) is 40.8 Å². The van der Waals surface area contributed by atoms with E-state index in [1.165, 1.54) is 11.3 Å². The monoisotopic (exact) mass is 416 g/mol. The molecule has 2 heterocycles. The highest BCUT2D eigenvalue weighted by Crippen LogP contribution is 2.27. The van der Waals surface area contributed by atoms with Gasteiger partial charge >= 0.3 is 6.03 Å². The summed E-state index contributed by atoms with van der Waals surface area (Å²) >= 11 is 1.52. The minimum absolute atomic E-state index is 0.0235. The number of para-hydroxylation sites is 2. The maximum Gasteiger partial charge on any atom is 0.319 e. The molecule has 1 fully saturated rings. The average molecular weight is 417 g/mol. The molecule has 3 rings (SSSR count). The Balaban J connectivity index is 1.54. The lowest BCUT2D eigenvalue weighted by Crippen LogP contribution is -2.47. The number of ether oxygens (including phenoxy) is 1. The van der Waals surface area contributed by atoms with Gasteiger partial charge in [0.15, 0.2) is 0 Å². The third-order valence-corrected chi connectivity index (χ3v) is 5.81. The molecule has 1 saturated heterocycles. The summed E-state index contributed by atoms with van der Waals surface area (Å²) in [4.78, 5) is 33.1. The lowest BCUT2D eigenvalue weighted by Gasteiger charge is -2.34. The molecule has 1 aliphatic rings. The minimum atomic E-state index is -0.109. The van der Waals surface area contributed by atoms with Gasteiger partial charge in [-0.25, -0.2) is 9.78 Å². The summed E-state index contributed by atoms with van der Waals surface area (Å²) in [5.74, 6) is 0.495. The molecule has 7 nitrogen and oxygen atoms in total. The summed E-state index contributed by atoms with van der Waals surface area (Å²) in [6, 6.07) is 7.50. The number of rotatable bonds is 7. The zero-order valence-corrected chi connectivity index (χ0v) is 17.8. The first-order valence-corrected chi connectivity index (χ1v) is 11.0. The number of aromatic nitrogens is 1. The van der Waals surface area contributed by atoms with Crippen molar-refractivity contribution in [3.63, 3.8) is 0 Å². The number of anilines is 1. The Morgan fingerprint density at radius 1 is 1.24 bits per heavy atom. The fraction of sp³-hybridized carbons (Fsp3) is 0.476. The van der Waals surface area contributed by atoms with Gasteiger partial charge in [-0.15, -0.1) is 11.3 Å². The third-order valence-electron chi connectivity index (χ3n) is 5.17. The summed E-state index contributed by atoms with van der Waals surface area (Å²) < 4.78 is 5.84. The van der Waals surface area contributed by atoms with Gasteiger partial charge in [-0.2, -0.15) is 0 Å². The van der Waals surface area contributed by atoms with E-state index in [1.807, 2.05) is 53.3 Å². The van der Waals surface area contributed by atoms with Crippen LogP contribution in [0.15, 0.2) is 35.2 Å². The van der Waals surface area contributed by atoms with Crippen LogP contribution in [0.4, 0.5) is 10.5 Å². The number of carbonyl (C=O) groups is 2. The van der Waals surface area contributed by atoms with Crippen LogP contribution in [0.3, 0.4) is 0 Å². The van der Waals surface area contributed by atoms with Crippen LogP contribution >= 0.6 is 11.3 Å². The second kappa shape index (κ2) is 10.2. The van der Waals surface area contributed by atoms with Crippen molar-refractivity contribution < 1.29 is 14.3 Å². The van der Waals surface area contributed by atoms with Crippen LogP contribution in [-0.4, -0.2) is 52.9 Å². The molecule has 3 amide bonds. The molecule has 1 aromatic carbocycles. The van der Waals surface area contributed by atoms with E-state index in [-0.39, 0.29) is 17.9 Å². The highest BCUT2D eigenvalue weighted by molar-refractivity contribution is 7.07. The lowest BCUT2D eigenvalue weighted by atomic mass is 9.96. The van der Waals surface area contributed by atoms with Gasteiger partial charge in [0.05, 0.1) is 16.9 Å². The molecular weight excluding hydrogens is 388 g/mol. The number of hydrogen-bond acceptors (Lipinski definition) is 5. The van der Waals surface area contributed by atoms with Crippen LogP contribution in [-0.2, 0) is 11.4 Å². The maximum atomic E-state index is 12.8. The zero-order valence-electron chi connectivity index (χ0n) is 17.0. The first-order chi connectivity index (χ1) is 14.1. The number of nitrogens with zero attached hydrogens (tertiary/aromatic N) is 3. The topological polar surface area (TPSA) is 74.8 Å². The predicted molar refractivity (Wildman–Crippen MR) is 114 cm³/mol. The van der Waals surface area contributed by atoms with Gasteiger partial charge in [-0.05, 0) is 38.8 Å². The van der Waals surface area contributed by atoms with Crippen LogP contribution in [0.2, 0.25) is 0 Å². The SMILES string of the molecule is CCN(CC)C(=O)N1CCC(C(=O)Nc2ccccc2OCc2cscn2)CC1. The molecule has 0 spiro atoms. The third kappa shape index (κ3) is 5.47. The van der Waals surface area contributed by atoms with E-state index in [4.69, 9.17) is 4.74 Å². The molecule has 1 aliphatic heterocycles. The second-order valence-electron chi connectivity index (χ2n) is 6.97. The molecule has 0 atom stereocenters. The van der Waals surface area contributed by atoms with Crippen molar-refractivity contribution >= 4 is 29.0 Å². The number of piperidine rings is 1. The lowest BCUT2D eigenvalue weighted by molar-refractivity contribution is -0.121. The molecule has 0 unspecified atom stereocenters. The Labute approximate surface area is 175 Å². The van der Waals surface area contributed by atoms with Gasteiger partial charge in [0, 0.05) is 37.5 Å². The van der Waals surface area contributed by atoms with Crippen LogP contribution in [0.25, 0.3) is 0 Å². The summed E-state index contributed by atoms with van der Waals surface area (Å²) in [5, 5.41) is 4.94. The van der Waals surface area contributed by atoms with E-state index in [9.17, 15) is 9.59 Å². The predicted octanol–water partition coefficient (Wildman–Crippen LogP) is 3.83. The average Bonchev–Trinajstić information content (AvgIpc) is 3.27. The van der Waals surface area contributed by atoms with Crippen molar-refractivity contribution in [2.24, 2.45) is 5.92 Å². The van der Waals surface area contributed by atoms with E-state index >= 15 is 0 Å². The molecule has 0 radical (unpaired) electrons. The fourth-order valence-electron chi connectivity index (χ4n) is 3.42. The van der Waals surface area contributed by atoms with Gasteiger partial charge in [0.25, 0.3) is 0 Å². The van der Waals surface area contributed by atoms with Crippen molar-refractivity contribution in [1.29, 1.82) is 0 Å². The first-order valence-electron chi connectivity index (χ1n) is 10.1. The number of thiazole rings is 1. The molecule has 0 aliphatic carbocycles. The molecule has 0 saturated carbocycles. The normalized spacial score (nSPS) is 14.5. The molecule has 2 aromatic rings.